The van der Waals surface area contributed by atoms with E-state index >= 15 is 0 Å². The van der Waals surface area contributed by atoms with Crippen LogP contribution in [0, 0.1) is 11.3 Å². The summed E-state index contributed by atoms with van der Waals surface area (Å²) in [5.74, 6) is 1.22. The van der Waals surface area contributed by atoms with E-state index in [1.807, 2.05) is 38.1 Å². The van der Waals surface area contributed by atoms with Crippen molar-refractivity contribution in [2.24, 2.45) is 5.14 Å². The van der Waals surface area contributed by atoms with Crippen LogP contribution in [-0.2, 0) is 18.0 Å². The van der Waals surface area contributed by atoms with Crippen LogP contribution in [-0.4, -0.2) is 20.0 Å². The molecule has 2 unspecified atom stereocenters. The fourth-order valence-corrected chi connectivity index (χ4v) is 4.88. The molecule has 1 aliphatic carbocycles. The molecule has 154 valence electrons. The Bertz CT molecular complexity index is 1110. The molecule has 0 saturated carbocycles. The highest BCUT2D eigenvalue weighted by atomic mass is 32.2. The van der Waals surface area contributed by atoms with Crippen LogP contribution in [0.4, 0.5) is 0 Å². The predicted molar refractivity (Wildman–Crippen MR) is 118 cm³/mol. The van der Waals surface area contributed by atoms with Crippen molar-refractivity contribution in [1.29, 1.82) is 5.26 Å². The number of nitrogens with one attached hydrogen (secondary N) is 1. The van der Waals surface area contributed by atoms with E-state index in [1.54, 1.807) is 12.1 Å². The van der Waals surface area contributed by atoms with Crippen LogP contribution in [0.5, 0.6) is 5.75 Å². The van der Waals surface area contributed by atoms with Gasteiger partial charge in [0.15, 0.2) is 5.82 Å². The quantitative estimate of drug-likeness (QED) is 0.563. The van der Waals surface area contributed by atoms with Gasteiger partial charge in [-0.05, 0) is 67.5 Å². The Morgan fingerprint density at radius 1 is 1.37 bits per heavy atom. The lowest BCUT2D eigenvalue weighted by Crippen LogP contribution is -2.33. The minimum Gasteiger partial charge on any atom is -0.579 e. The molecule has 30 heavy (non-hydrogen) atoms. The molecular weight excluding hydrogens is 418 g/mol. The minimum atomic E-state index is -1.56. The van der Waals surface area contributed by atoms with Gasteiger partial charge in [-0.25, -0.2) is 4.98 Å². The maximum Gasteiger partial charge on any atom is 0.173 e. The number of nitrogens with two attached hydrogens (primary N) is 1. The number of hydrogen-bond acceptors (Lipinski definition) is 8. The monoisotopic (exact) mass is 439 g/mol. The van der Waals surface area contributed by atoms with Crippen LogP contribution in [0.25, 0.3) is 22.0 Å². The number of ether oxygens (including phenoxy) is 1. The van der Waals surface area contributed by atoms with Crippen LogP contribution in [0.2, 0.25) is 0 Å². The van der Waals surface area contributed by atoms with Gasteiger partial charge in [-0.1, -0.05) is 18.2 Å². The van der Waals surface area contributed by atoms with Crippen molar-refractivity contribution in [1.82, 2.24) is 14.1 Å². The van der Waals surface area contributed by atoms with Gasteiger partial charge in [0.05, 0.1) is 17.7 Å². The Hall–Kier alpha value is -2.48. The number of nitriles is 1. The first-order valence-corrected chi connectivity index (χ1v) is 11.5. The summed E-state index contributed by atoms with van der Waals surface area (Å²) >= 11 is -0.262. The number of rotatable bonds is 6. The van der Waals surface area contributed by atoms with Crippen molar-refractivity contribution in [3.8, 4) is 33.8 Å². The van der Waals surface area contributed by atoms with Crippen LogP contribution >= 0.6 is 11.5 Å². The van der Waals surface area contributed by atoms with Crippen molar-refractivity contribution >= 4 is 23.1 Å². The smallest absolute Gasteiger partial charge is 0.173 e. The molecule has 3 N–H and O–H groups in total. The van der Waals surface area contributed by atoms with Crippen molar-refractivity contribution in [2.75, 3.05) is 0 Å². The summed E-state index contributed by atoms with van der Waals surface area (Å²) in [7, 11) is 0. The number of benzene rings is 2. The van der Waals surface area contributed by atoms with Gasteiger partial charge < -0.3 is 9.29 Å². The van der Waals surface area contributed by atoms with Gasteiger partial charge >= 0.3 is 0 Å². The Labute approximate surface area is 182 Å². The summed E-state index contributed by atoms with van der Waals surface area (Å²) in [5, 5.41) is 15.6. The van der Waals surface area contributed by atoms with Crippen LogP contribution in [0.3, 0.4) is 0 Å². The van der Waals surface area contributed by atoms with E-state index in [1.165, 1.54) is 11.5 Å². The molecule has 0 saturated heterocycles. The molecule has 2 atom stereocenters. The van der Waals surface area contributed by atoms with Gasteiger partial charge in [-0.15, -0.1) is 9.86 Å². The highest BCUT2D eigenvalue weighted by molar-refractivity contribution is 7.87. The van der Waals surface area contributed by atoms with Gasteiger partial charge in [-0.2, -0.15) is 9.64 Å². The molecule has 7 nitrogen and oxygen atoms in total. The lowest BCUT2D eigenvalue weighted by molar-refractivity contribution is 0.242. The SMILES string of the molecule is CC(C)Oc1ccc(-c2nc(-c3cccc4c3CCC4N[S+](N)[O-])ns2)cc1C#N. The molecule has 0 radical (unpaired) electrons. The van der Waals surface area contributed by atoms with Crippen molar-refractivity contribution in [3.05, 3.63) is 53.1 Å². The zero-order chi connectivity index (χ0) is 21.3. The molecule has 0 amide bonds. The third kappa shape index (κ3) is 4.19. The second-order valence-electron chi connectivity index (χ2n) is 7.29. The molecule has 4 rings (SSSR count). The Morgan fingerprint density at radius 2 is 2.20 bits per heavy atom. The second kappa shape index (κ2) is 8.71. The zero-order valence-corrected chi connectivity index (χ0v) is 18.2. The first-order chi connectivity index (χ1) is 14.5. The fourth-order valence-electron chi connectivity index (χ4n) is 3.68. The highest BCUT2D eigenvalue weighted by Crippen LogP contribution is 2.38. The van der Waals surface area contributed by atoms with E-state index in [9.17, 15) is 9.81 Å². The minimum absolute atomic E-state index is 0.00808. The molecule has 3 aromatic rings. The third-order valence-electron chi connectivity index (χ3n) is 4.91. The van der Waals surface area contributed by atoms with Gasteiger partial charge in [-0.3, -0.25) is 0 Å². The number of hydrogen-bond donors (Lipinski definition) is 2. The van der Waals surface area contributed by atoms with Crippen molar-refractivity contribution < 1.29 is 9.29 Å². The average molecular weight is 440 g/mol. The van der Waals surface area contributed by atoms with Gasteiger partial charge in [0, 0.05) is 11.1 Å². The highest BCUT2D eigenvalue weighted by Gasteiger charge is 2.28. The van der Waals surface area contributed by atoms with E-state index in [0.29, 0.717) is 17.1 Å². The summed E-state index contributed by atoms with van der Waals surface area (Å²) in [5.41, 5.74) is 4.52. The lowest BCUT2D eigenvalue weighted by Gasteiger charge is -2.13. The maximum atomic E-state index is 11.4. The normalized spacial score (nSPS) is 16.3. The zero-order valence-electron chi connectivity index (χ0n) is 16.6. The Morgan fingerprint density at radius 3 is 2.93 bits per heavy atom. The summed E-state index contributed by atoms with van der Waals surface area (Å²) in [4.78, 5) is 4.73. The number of nitrogens with zero attached hydrogens (tertiary/aromatic N) is 3. The molecule has 2 aromatic carbocycles. The molecule has 1 aromatic heterocycles. The summed E-state index contributed by atoms with van der Waals surface area (Å²) < 4.78 is 24.6. The Balaban J connectivity index is 1.65. The first-order valence-electron chi connectivity index (χ1n) is 9.55. The van der Waals surface area contributed by atoms with Gasteiger partial charge in [0.1, 0.15) is 28.4 Å². The molecule has 9 heteroatoms. The van der Waals surface area contributed by atoms with E-state index in [4.69, 9.17) is 14.9 Å². The summed E-state index contributed by atoms with van der Waals surface area (Å²) in [6.45, 7) is 3.85. The molecule has 1 heterocycles. The number of fused-ring (bicyclic) bond motifs is 1. The largest absolute Gasteiger partial charge is 0.579 e. The van der Waals surface area contributed by atoms with Gasteiger partial charge in [0.25, 0.3) is 0 Å². The van der Waals surface area contributed by atoms with Crippen LogP contribution in [0.15, 0.2) is 36.4 Å². The third-order valence-corrected chi connectivity index (χ3v) is 6.19. The molecular formula is C21H21N5O2S2. The Kier molecular flexibility index (Phi) is 6.04. The molecule has 1 aliphatic rings. The predicted octanol–water partition coefficient (Wildman–Crippen LogP) is 3.65. The van der Waals surface area contributed by atoms with E-state index < -0.39 is 11.5 Å². The average Bonchev–Trinajstić information content (AvgIpc) is 3.35. The summed E-state index contributed by atoms with van der Waals surface area (Å²) in [6.07, 6.45) is 1.66. The number of aromatic nitrogens is 2. The summed E-state index contributed by atoms with van der Waals surface area (Å²) in [6, 6.07) is 13.6. The van der Waals surface area contributed by atoms with E-state index in [-0.39, 0.29) is 12.1 Å². The molecule has 0 bridgehead atoms. The second-order valence-corrected chi connectivity index (χ2v) is 8.87. The van der Waals surface area contributed by atoms with Crippen LogP contribution in [0.1, 0.15) is 43.0 Å². The molecule has 0 fully saturated rings. The molecule has 0 spiro atoms. The molecule has 0 aliphatic heterocycles. The fraction of sp³-hybridized carbons (Fsp3) is 0.286. The lowest BCUT2D eigenvalue weighted by atomic mass is 10.0. The standard InChI is InChI=1S/C21H21N5O2S2/c1-12(2)28-19-9-6-13(10-14(19)11-22)21-24-20(25-29-21)17-5-3-4-16-15(17)7-8-18(16)26-30(23)27/h3-6,9-10,12,18,26H,7-8,23H2,1-2H3. The maximum absolute atomic E-state index is 11.4. The van der Waals surface area contributed by atoms with E-state index in [0.717, 1.165) is 40.1 Å². The first kappa shape index (κ1) is 20.8. The van der Waals surface area contributed by atoms with Crippen molar-refractivity contribution in [3.63, 3.8) is 0 Å². The van der Waals surface area contributed by atoms with E-state index in [2.05, 4.69) is 15.2 Å². The van der Waals surface area contributed by atoms with Crippen LogP contribution < -0.4 is 14.6 Å². The van der Waals surface area contributed by atoms with Crippen molar-refractivity contribution in [2.45, 2.75) is 38.8 Å². The topological polar surface area (TPSA) is 120 Å². The van der Waals surface area contributed by atoms with Gasteiger partial charge in [0.2, 0.25) is 0 Å².